The van der Waals surface area contributed by atoms with Crippen molar-refractivity contribution in [3.63, 3.8) is 0 Å². The number of hydrogen-bond acceptors (Lipinski definition) is 4. The molecule has 1 aliphatic carbocycles. The Bertz CT molecular complexity index is 878. The van der Waals surface area contributed by atoms with E-state index >= 15 is 0 Å². The van der Waals surface area contributed by atoms with Crippen LogP contribution in [-0.4, -0.2) is 33.8 Å². The fourth-order valence-electron chi connectivity index (χ4n) is 3.26. The second-order valence-corrected chi connectivity index (χ2v) is 6.94. The van der Waals surface area contributed by atoms with Crippen molar-refractivity contribution in [3.8, 4) is 5.75 Å². The molecule has 0 atom stereocenters. The summed E-state index contributed by atoms with van der Waals surface area (Å²) in [6.07, 6.45) is 3.16. The molecule has 1 aliphatic rings. The first-order chi connectivity index (χ1) is 13.4. The van der Waals surface area contributed by atoms with Gasteiger partial charge in [-0.05, 0) is 42.9 Å². The molecule has 0 fully saturated rings. The molecule has 3 rings (SSSR count). The molecule has 0 bridgehead atoms. The average Bonchev–Trinajstić information content (AvgIpc) is 3.13. The van der Waals surface area contributed by atoms with Crippen molar-refractivity contribution in [2.75, 3.05) is 6.61 Å². The van der Waals surface area contributed by atoms with Gasteiger partial charge in [0.15, 0.2) is 6.29 Å². The Balaban J connectivity index is 1.83. The van der Waals surface area contributed by atoms with Crippen LogP contribution in [0, 0.1) is 0 Å². The van der Waals surface area contributed by atoms with Crippen molar-refractivity contribution in [2.24, 2.45) is 0 Å². The molecule has 0 N–H and O–H groups in total. The summed E-state index contributed by atoms with van der Waals surface area (Å²) in [5.74, 6) is 0.283. The van der Waals surface area contributed by atoms with Gasteiger partial charge in [-0.3, -0.25) is 14.5 Å². The maximum absolute atomic E-state index is 12.6. The SMILES string of the molecule is O=Cc1c(Cl)cncc1OCC1=C(c2ccnn2CCC(F)(F)F)CCCC1. The molecular weight excluding hydrogens is 395 g/mol. The Labute approximate surface area is 165 Å². The van der Waals surface area contributed by atoms with Crippen LogP contribution in [0.1, 0.15) is 48.2 Å². The van der Waals surface area contributed by atoms with Gasteiger partial charge >= 0.3 is 6.18 Å². The lowest BCUT2D eigenvalue weighted by Gasteiger charge is -2.22. The van der Waals surface area contributed by atoms with Crippen molar-refractivity contribution in [1.82, 2.24) is 14.8 Å². The lowest BCUT2D eigenvalue weighted by Crippen LogP contribution is -2.16. The number of halogens is 4. The fourth-order valence-corrected chi connectivity index (χ4v) is 3.45. The maximum Gasteiger partial charge on any atom is 0.390 e. The first kappa shape index (κ1) is 20.4. The number of nitrogens with zero attached hydrogens (tertiary/aromatic N) is 3. The van der Waals surface area contributed by atoms with Crippen LogP contribution >= 0.6 is 11.6 Å². The number of allylic oxidation sites excluding steroid dienone is 1. The summed E-state index contributed by atoms with van der Waals surface area (Å²) in [7, 11) is 0. The number of pyridine rings is 1. The highest BCUT2D eigenvalue weighted by atomic mass is 35.5. The average molecular weight is 414 g/mol. The van der Waals surface area contributed by atoms with E-state index in [9.17, 15) is 18.0 Å². The summed E-state index contributed by atoms with van der Waals surface area (Å²) in [5.41, 5.74) is 2.85. The van der Waals surface area contributed by atoms with Crippen LogP contribution in [-0.2, 0) is 6.54 Å². The monoisotopic (exact) mass is 413 g/mol. The highest BCUT2D eigenvalue weighted by Crippen LogP contribution is 2.34. The first-order valence-electron chi connectivity index (χ1n) is 8.90. The van der Waals surface area contributed by atoms with E-state index in [0.29, 0.717) is 12.0 Å². The van der Waals surface area contributed by atoms with Crippen LogP contribution in [0.4, 0.5) is 13.2 Å². The van der Waals surface area contributed by atoms with Crippen LogP contribution in [0.5, 0.6) is 5.75 Å². The Morgan fingerprint density at radius 1 is 1.25 bits per heavy atom. The van der Waals surface area contributed by atoms with E-state index in [0.717, 1.165) is 36.8 Å². The molecule has 150 valence electrons. The van der Waals surface area contributed by atoms with E-state index in [-0.39, 0.29) is 29.5 Å². The highest BCUT2D eigenvalue weighted by molar-refractivity contribution is 6.33. The van der Waals surface area contributed by atoms with Crippen molar-refractivity contribution in [1.29, 1.82) is 0 Å². The van der Waals surface area contributed by atoms with Crippen molar-refractivity contribution >= 4 is 23.5 Å². The van der Waals surface area contributed by atoms with Gasteiger partial charge in [-0.2, -0.15) is 18.3 Å². The van der Waals surface area contributed by atoms with Gasteiger partial charge in [0.05, 0.1) is 35.4 Å². The van der Waals surface area contributed by atoms with Crippen LogP contribution in [0.25, 0.3) is 5.57 Å². The summed E-state index contributed by atoms with van der Waals surface area (Å²) < 4.78 is 45.0. The third-order valence-corrected chi connectivity index (χ3v) is 4.94. The Kier molecular flexibility index (Phi) is 6.39. The Hall–Kier alpha value is -2.35. The minimum atomic E-state index is -4.24. The van der Waals surface area contributed by atoms with Gasteiger partial charge in [0.1, 0.15) is 12.4 Å². The molecule has 5 nitrogen and oxygen atoms in total. The van der Waals surface area contributed by atoms with Crippen LogP contribution in [0.15, 0.2) is 30.2 Å². The summed E-state index contributed by atoms with van der Waals surface area (Å²) in [5, 5.41) is 4.26. The number of aromatic nitrogens is 3. The minimum absolute atomic E-state index is 0.204. The summed E-state index contributed by atoms with van der Waals surface area (Å²) in [6, 6.07) is 1.73. The molecule has 0 aromatic carbocycles. The van der Waals surface area contributed by atoms with Gasteiger partial charge in [-0.1, -0.05) is 11.6 Å². The molecule has 0 amide bonds. The fraction of sp³-hybridized carbons (Fsp3) is 0.421. The molecule has 0 spiro atoms. The van der Waals surface area contributed by atoms with E-state index in [1.54, 1.807) is 6.07 Å². The van der Waals surface area contributed by atoms with E-state index in [2.05, 4.69) is 10.1 Å². The molecule has 0 unspecified atom stereocenters. The number of alkyl halides is 3. The summed E-state index contributed by atoms with van der Waals surface area (Å²) in [6.45, 7) is -0.0143. The smallest absolute Gasteiger partial charge is 0.390 e. The van der Waals surface area contributed by atoms with Crippen LogP contribution < -0.4 is 4.74 Å². The second-order valence-electron chi connectivity index (χ2n) is 6.53. The van der Waals surface area contributed by atoms with E-state index in [1.807, 2.05) is 0 Å². The molecule has 0 aliphatic heterocycles. The third-order valence-electron chi connectivity index (χ3n) is 4.64. The molecule has 28 heavy (non-hydrogen) atoms. The Morgan fingerprint density at radius 3 is 2.79 bits per heavy atom. The second kappa shape index (κ2) is 8.77. The molecule has 2 aromatic heterocycles. The third kappa shape index (κ3) is 4.92. The molecule has 0 saturated carbocycles. The highest BCUT2D eigenvalue weighted by Gasteiger charge is 2.28. The number of aryl methyl sites for hydroxylation is 1. The largest absolute Gasteiger partial charge is 0.487 e. The molecule has 2 heterocycles. The first-order valence-corrected chi connectivity index (χ1v) is 9.28. The van der Waals surface area contributed by atoms with Gasteiger partial charge in [0, 0.05) is 12.4 Å². The number of carbonyl (C=O) groups is 1. The quantitative estimate of drug-likeness (QED) is 0.592. The summed E-state index contributed by atoms with van der Waals surface area (Å²) >= 11 is 5.96. The lowest BCUT2D eigenvalue weighted by atomic mass is 9.90. The van der Waals surface area contributed by atoms with Gasteiger partial charge in [-0.25, -0.2) is 0 Å². The van der Waals surface area contributed by atoms with Gasteiger partial charge in [-0.15, -0.1) is 0 Å². The van der Waals surface area contributed by atoms with Crippen LogP contribution in [0.2, 0.25) is 5.02 Å². The standard InChI is InChI=1S/C19H19ClF3N3O2/c20-16-9-24-10-18(15(16)11-27)28-12-13-3-1-2-4-14(13)17-5-7-25-26(17)8-6-19(21,22)23/h5,7,9-11H,1-4,6,8,12H2. The predicted molar refractivity (Wildman–Crippen MR) is 98.4 cm³/mol. The van der Waals surface area contributed by atoms with Crippen molar-refractivity contribution in [2.45, 2.75) is 44.8 Å². The molecule has 0 radical (unpaired) electrons. The van der Waals surface area contributed by atoms with Gasteiger partial charge in [0.25, 0.3) is 0 Å². The normalized spacial score (nSPS) is 15.0. The van der Waals surface area contributed by atoms with Crippen molar-refractivity contribution < 1.29 is 22.7 Å². The molecule has 0 saturated heterocycles. The number of rotatable bonds is 7. The zero-order chi connectivity index (χ0) is 20.1. The van der Waals surface area contributed by atoms with E-state index in [4.69, 9.17) is 16.3 Å². The molecule has 9 heteroatoms. The van der Waals surface area contributed by atoms with Crippen molar-refractivity contribution in [3.05, 3.63) is 46.5 Å². The minimum Gasteiger partial charge on any atom is -0.487 e. The van der Waals surface area contributed by atoms with Gasteiger partial charge < -0.3 is 4.74 Å². The summed E-state index contributed by atoms with van der Waals surface area (Å²) in [4.78, 5) is 15.2. The maximum atomic E-state index is 12.6. The van der Waals surface area contributed by atoms with E-state index < -0.39 is 12.6 Å². The Morgan fingerprint density at radius 2 is 2.04 bits per heavy atom. The van der Waals surface area contributed by atoms with Gasteiger partial charge in [0.2, 0.25) is 0 Å². The van der Waals surface area contributed by atoms with Crippen LogP contribution in [0.3, 0.4) is 0 Å². The number of hydrogen-bond donors (Lipinski definition) is 0. The lowest BCUT2D eigenvalue weighted by molar-refractivity contribution is -0.137. The zero-order valence-electron chi connectivity index (χ0n) is 15.0. The predicted octanol–water partition coefficient (Wildman–Crippen LogP) is 5.10. The van der Waals surface area contributed by atoms with E-state index in [1.165, 1.54) is 23.3 Å². The number of aldehydes is 1. The number of ether oxygens (including phenoxy) is 1. The zero-order valence-corrected chi connectivity index (χ0v) is 15.8. The number of carbonyl (C=O) groups excluding carboxylic acids is 1. The molecule has 2 aromatic rings. The topological polar surface area (TPSA) is 57.0 Å². The molecular formula is C19H19ClF3N3O2.